The monoisotopic (exact) mass is 314 g/mol. The first-order valence-electron chi connectivity index (χ1n) is 6.61. The highest BCUT2D eigenvalue weighted by molar-refractivity contribution is 7.89. The number of benzene rings is 1. The summed E-state index contributed by atoms with van der Waals surface area (Å²) in [5.74, 6) is -0.543. The van der Waals surface area contributed by atoms with Crippen molar-refractivity contribution in [2.24, 2.45) is 5.41 Å². The van der Waals surface area contributed by atoms with Gasteiger partial charge in [0, 0.05) is 19.2 Å². The molecular formula is C13H18N2O5S. The van der Waals surface area contributed by atoms with Crippen molar-refractivity contribution in [3.8, 4) is 5.75 Å². The number of nitro benzene ring substituents is 1. The molecular weight excluding hydrogens is 296 g/mol. The van der Waals surface area contributed by atoms with Gasteiger partial charge in [-0.05, 0) is 30.4 Å². The fourth-order valence-corrected chi connectivity index (χ4v) is 3.75. The Labute approximate surface area is 123 Å². The van der Waals surface area contributed by atoms with E-state index in [0.717, 1.165) is 25.0 Å². The molecule has 1 N–H and O–H groups in total. The molecule has 2 rings (SSSR count). The van der Waals surface area contributed by atoms with Gasteiger partial charge >= 0.3 is 5.69 Å². The van der Waals surface area contributed by atoms with Gasteiger partial charge in [0.15, 0.2) is 5.75 Å². The molecule has 7 nitrogen and oxygen atoms in total. The summed E-state index contributed by atoms with van der Waals surface area (Å²) in [4.78, 5) is 9.84. The molecule has 21 heavy (non-hydrogen) atoms. The van der Waals surface area contributed by atoms with Crippen LogP contribution in [0.3, 0.4) is 0 Å². The molecule has 1 aromatic rings. The summed E-state index contributed by atoms with van der Waals surface area (Å²) in [7, 11) is -3.77. The van der Waals surface area contributed by atoms with Gasteiger partial charge in [-0.1, -0.05) is 13.8 Å². The number of nitrogens with zero attached hydrogens (tertiary/aromatic N) is 2. The summed E-state index contributed by atoms with van der Waals surface area (Å²) in [5, 5.41) is 20.2. The molecule has 0 atom stereocenters. The lowest BCUT2D eigenvalue weighted by Crippen LogP contribution is -2.41. The fourth-order valence-electron chi connectivity index (χ4n) is 2.29. The molecule has 0 aromatic heterocycles. The number of phenols is 1. The highest BCUT2D eigenvalue weighted by Gasteiger charge is 2.33. The zero-order chi connectivity index (χ0) is 15.8. The van der Waals surface area contributed by atoms with Gasteiger partial charge in [0.1, 0.15) is 0 Å². The van der Waals surface area contributed by atoms with Crippen LogP contribution in [0.4, 0.5) is 5.69 Å². The number of hydrogen-bond acceptors (Lipinski definition) is 5. The number of nitro groups is 1. The Hall–Kier alpha value is -1.67. The molecule has 1 heterocycles. The van der Waals surface area contributed by atoms with Gasteiger partial charge in [-0.3, -0.25) is 10.1 Å². The van der Waals surface area contributed by atoms with Crippen LogP contribution in [0.15, 0.2) is 23.1 Å². The van der Waals surface area contributed by atoms with Gasteiger partial charge < -0.3 is 5.11 Å². The van der Waals surface area contributed by atoms with Crippen molar-refractivity contribution in [3.05, 3.63) is 28.3 Å². The van der Waals surface area contributed by atoms with Gasteiger partial charge in [-0.25, -0.2) is 8.42 Å². The topological polar surface area (TPSA) is 101 Å². The molecule has 1 saturated heterocycles. The number of piperidine rings is 1. The van der Waals surface area contributed by atoms with E-state index in [-0.39, 0.29) is 10.3 Å². The minimum atomic E-state index is -3.77. The first kappa shape index (κ1) is 15.7. The Kier molecular flexibility index (Phi) is 3.94. The Bertz CT molecular complexity index is 659. The number of phenolic OH excluding ortho intramolecular Hbond substituents is 1. The highest BCUT2D eigenvalue weighted by Crippen LogP contribution is 2.34. The number of aromatic hydroxyl groups is 1. The molecule has 8 heteroatoms. The molecule has 1 aliphatic heterocycles. The van der Waals surface area contributed by atoms with Crippen LogP contribution >= 0.6 is 0 Å². The Morgan fingerprint density at radius 2 is 1.86 bits per heavy atom. The van der Waals surface area contributed by atoms with Gasteiger partial charge in [-0.2, -0.15) is 4.31 Å². The van der Waals surface area contributed by atoms with E-state index < -0.39 is 26.4 Å². The van der Waals surface area contributed by atoms with Crippen LogP contribution < -0.4 is 0 Å². The SMILES string of the molecule is CC1(C)CCN(S(=O)(=O)c2ccc(O)c([N+](=O)[O-])c2)CC1. The standard InChI is InChI=1S/C13H18N2O5S/c1-13(2)5-7-14(8-6-13)21(19,20)10-3-4-12(16)11(9-10)15(17)18/h3-4,9,16H,5-8H2,1-2H3. The quantitative estimate of drug-likeness (QED) is 0.680. The van der Waals surface area contributed by atoms with Crippen LogP contribution in [0, 0.1) is 15.5 Å². The van der Waals surface area contributed by atoms with Crippen LogP contribution in [-0.2, 0) is 10.0 Å². The first-order valence-corrected chi connectivity index (χ1v) is 8.05. The molecule has 0 saturated carbocycles. The Morgan fingerprint density at radius 3 is 2.38 bits per heavy atom. The second-order valence-corrected chi connectivity index (χ2v) is 7.91. The molecule has 0 radical (unpaired) electrons. The van der Waals surface area contributed by atoms with E-state index >= 15 is 0 Å². The van der Waals surface area contributed by atoms with Crippen molar-refractivity contribution >= 4 is 15.7 Å². The van der Waals surface area contributed by atoms with E-state index in [0.29, 0.717) is 13.1 Å². The predicted octanol–water partition coefficient (Wildman–Crippen LogP) is 2.11. The first-order chi connectivity index (χ1) is 9.63. The molecule has 0 spiro atoms. The maximum absolute atomic E-state index is 12.5. The minimum Gasteiger partial charge on any atom is -0.502 e. The molecule has 0 aliphatic carbocycles. The van der Waals surface area contributed by atoms with Crippen LogP contribution in [0.2, 0.25) is 0 Å². The normalized spacial score (nSPS) is 19.3. The van der Waals surface area contributed by atoms with Gasteiger partial charge in [-0.15, -0.1) is 0 Å². The third kappa shape index (κ3) is 3.16. The van der Waals surface area contributed by atoms with Crippen molar-refractivity contribution in [3.63, 3.8) is 0 Å². The molecule has 0 unspecified atom stereocenters. The van der Waals surface area contributed by atoms with Gasteiger partial charge in [0.05, 0.1) is 9.82 Å². The largest absolute Gasteiger partial charge is 0.502 e. The smallest absolute Gasteiger partial charge is 0.312 e. The van der Waals surface area contributed by atoms with Gasteiger partial charge in [0.25, 0.3) is 0 Å². The zero-order valence-electron chi connectivity index (χ0n) is 11.9. The van der Waals surface area contributed by atoms with Crippen LogP contribution in [0.5, 0.6) is 5.75 Å². The van der Waals surface area contributed by atoms with Crippen LogP contribution in [0.25, 0.3) is 0 Å². The molecule has 1 aliphatic rings. The molecule has 1 fully saturated rings. The summed E-state index contributed by atoms with van der Waals surface area (Å²) < 4.78 is 26.4. The van der Waals surface area contributed by atoms with E-state index in [9.17, 15) is 23.6 Å². The maximum atomic E-state index is 12.5. The second kappa shape index (κ2) is 5.27. The summed E-state index contributed by atoms with van der Waals surface area (Å²) in [6.07, 6.45) is 1.48. The molecule has 116 valence electrons. The Balaban J connectivity index is 2.33. The highest BCUT2D eigenvalue weighted by atomic mass is 32.2. The second-order valence-electron chi connectivity index (χ2n) is 5.98. The van der Waals surface area contributed by atoms with E-state index in [1.54, 1.807) is 0 Å². The lowest BCUT2D eigenvalue weighted by molar-refractivity contribution is -0.386. The molecule has 0 amide bonds. The third-order valence-electron chi connectivity index (χ3n) is 3.86. The third-order valence-corrected chi connectivity index (χ3v) is 5.75. The maximum Gasteiger partial charge on any atom is 0.312 e. The summed E-state index contributed by atoms with van der Waals surface area (Å²) in [6.45, 7) is 4.96. The summed E-state index contributed by atoms with van der Waals surface area (Å²) in [6, 6.07) is 3.14. The van der Waals surface area contributed by atoms with Crippen molar-refractivity contribution in [1.29, 1.82) is 0 Å². The number of sulfonamides is 1. The van der Waals surface area contributed by atoms with Crippen molar-refractivity contribution < 1.29 is 18.4 Å². The van der Waals surface area contributed by atoms with Crippen molar-refractivity contribution in [2.75, 3.05) is 13.1 Å². The lowest BCUT2D eigenvalue weighted by Gasteiger charge is -2.36. The van der Waals surface area contributed by atoms with E-state index in [4.69, 9.17) is 0 Å². The summed E-state index contributed by atoms with van der Waals surface area (Å²) >= 11 is 0. The average Bonchev–Trinajstić information content (AvgIpc) is 2.38. The Morgan fingerprint density at radius 1 is 1.29 bits per heavy atom. The molecule has 0 bridgehead atoms. The summed E-state index contributed by atoms with van der Waals surface area (Å²) in [5.41, 5.74) is -0.499. The van der Waals surface area contributed by atoms with Crippen LogP contribution in [0.1, 0.15) is 26.7 Å². The molecule has 1 aromatic carbocycles. The van der Waals surface area contributed by atoms with Crippen molar-refractivity contribution in [1.82, 2.24) is 4.31 Å². The van der Waals surface area contributed by atoms with E-state index in [1.807, 2.05) is 0 Å². The fraction of sp³-hybridized carbons (Fsp3) is 0.538. The minimum absolute atomic E-state index is 0.104. The zero-order valence-corrected chi connectivity index (χ0v) is 12.8. The number of rotatable bonds is 3. The average molecular weight is 314 g/mol. The number of hydrogen-bond donors (Lipinski definition) is 1. The predicted molar refractivity (Wildman–Crippen MR) is 76.5 cm³/mol. The van der Waals surface area contributed by atoms with E-state index in [1.165, 1.54) is 10.4 Å². The lowest BCUT2D eigenvalue weighted by atomic mass is 9.83. The van der Waals surface area contributed by atoms with E-state index in [2.05, 4.69) is 13.8 Å². The van der Waals surface area contributed by atoms with Crippen molar-refractivity contribution in [2.45, 2.75) is 31.6 Å². The van der Waals surface area contributed by atoms with Crippen LogP contribution in [-0.4, -0.2) is 35.8 Å². The van der Waals surface area contributed by atoms with Gasteiger partial charge in [0.2, 0.25) is 10.0 Å².